The number of thioether (sulfide) groups is 1. The molecule has 3 atom stereocenters. The molecule has 1 aliphatic rings. The van der Waals surface area contributed by atoms with Gasteiger partial charge in [-0.15, -0.1) is 0 Å². The zero-order valence-corrected chi connectivity index (χ0v) is 11.5. The number of aliphatic carboxylic acids is 1. The van der Waals surface area contributed by atoms with Crippen molar-refractivity contribution in [2.45, 2.75) is 18.5 Å². The normalized spacial score (nSPS) is 24.8. The van der Waals surface area contributed by atoms with E-state index in [4.69, 9.17) is 9.84 Å². The minimum absolute atomic E-state index is 0.0417. The second-order valence-corrected chi connectivity index (χ2v) is 5.21. The number of hydrogen-bond donors (Lipinski definition) is 3. The lowest BCUT2D eigenvalue weighted by atomic mass is 10.0. The van der Waals surface area contributed by atoms with Gasteiger partial charge in [0.05, 0.1) is 19.1 Å². The minimum Gasteiger partial charge on any atom is -0.480 e. The first-order chi connectivity index (χ1) is 8.60. The molecule has 1 aliphatic heterocycles. The van der Waals surface area contributed by atoms with Gasteiger partial charge in [0.1, 0.15) is 6.04 Å². The van der Waals surface area contributed by atoms with Crippen molar-refractivity contribution in [1.82, 2.24) is 10.6 Å². The van der Waals surface area contributed by atoms with Crippen molar-refractivity contribution in [3.63, 3.8) is 0 Å². The number of carboxylic acid groups (broad SMARTS) is 1. The molecule has 1 rings (SSSR count). The summed E-state index contributed by atoms with van der Waals surface area (Å²) in [6, 6.07) is -0.858. The molecule has 1 amide bonds. The highest BCUT2D eigenvalue weighted by Gasteiger charge is 2.34. The van der Waals surface area contributed by atoms with Crippen LogP contribution < -0.4 is 10.6 Å². The predicted molar refractivity (Wildman–Crippen MR) is 69.7 cm³/mol. The average Bonchev–Trinajstić information content (AvgIpc) is 2.82. The lowest BCUT2D eigenvalue weighted by Gasteiger charge is -2.20. The van der Waals surface area contributed by atoms with Crippen LogP contribution in [0.15, 0.2) is 0 Å². The first-order valence-electron chi connectivity index (χ1n) is 5.87. The summed E-state index contributed by atoms with van der Waals surface area (Å²) in [4.78, 5) is 23.0. The molecule has 0 aromatic heterocycles. The molecule has 18 heavy (non-hydrogen) atoms. The van der Waals surface area contributed by atoms with E-state index in [1.807, 2.05) is 6.26 Å². The monoisotopic (exact) mass is 276 g/mol. The molecule has 0 bridgehead atoms. The highest BCUT2D eigenvalue weighted by Crippen LogP contribution is 2.14. The smallest absolute Gasteiger partial charge is 0.326 e. The number of amides is 1. The number of rotatable bonds is 7. The molecule has 7 heteroatoms. The molecule has 0 aromatic carbocycles. The fourth-order valence-corrected chi connectivity index (χ4v) is 2.34. The van der Waals surface area contributed by atoms with Crippen molar-refractivity contribution in [3.05, 3.63) is 0 Å². The van der Waals surface area contributed by atoms with Gasteiger partial charge in [0.25, 0.3) is 0 Å². The van der Waals surface area contributed by atoms with Crippen LogP contribution in [0.5, 0.6) is 0 Å². The molecular weight excluding hydrogens is 256 g/mol. The number of hydrogen-bond acceptors (Lipinski definition) is 5. The number of carbonyl (C=O) groups is 2. The molecule has 1 saturated heterocycles. The van der Waals surface area contributed by atoms with Crippen molar-refractivity contribution in [1.29, 1.82) is 0 Å². The van der Waals surface area contributed by atoms with Gasteiger partial charge in [-0.2, -0.15) is 11.8 Å². The number of ether oxygens (including phenoxy) is 1. The second kappa shape index (κ2) is 7.60. The lowest BCUT2D eigenvalue weighted by Crippen LogP contribution is -2.48. The van der Waals surface area contributed by atoms with E-state index in [-0.39, 0.29) is 17.9 Å². The fourth-order valence-electron chi connectivity index (χ4n) is 1.87. The topological polar surface area (TPSA) is 87.7 Å². The zero-order valence-electron chi connectivity index (χ0n) is 10.6. The number of likely N-dealkylation sites (N-methyl/N-ethyl adjacent to an activating group) is 1. The van der Waals surface area contributed by atoms with Crippen LogP contribution in [-0.4, -0.2) is 61.3 Å². The molecule has 0 aliphatic carbocycles. The Balaban J connectivity index is 2.52. The van der Waals surface area contributed by atoms with Crippen molar-refractivity contribution < 1.29 is 19.4 Å². The summed E-state index contributed by atoms with van der Waals surface area (Å²) in [5.41, 5.74) is 0. The summed E-state index contributed by atoms with van der Waals surface area (Å²) in [6.45, 7) is 0.823. The zero-order chi connectivity index (χ0) is 13.5. The van der Waals surface area contributed by atoms with Gasteiger partial charge in [-0.05, 0) is 25.5 Å². The molecule has 0 spiro atoms. The van der Waals surface area contributed by atoms with Crippen LogP contribution in [0, 0.1) is 5.92 Å². The van der Waals surface area contributed by atoms with Gasteiger partial charge < -0.3 is 20.5 Å². The van der Waals surface area contributed by atoms with E-state index in [2.05, 4.69) is 10.6 Å². The molecule has 1 heterocycles. The largest absolute Gasteiger partial charge is 0.480 e. The molecule has 3 N–H and O–H groups in total. The Morgan fingerprint density at radius 1 is 1.50 bits per heavy atom. The fraction of sp³-hybridized carbons (Fsp3) is 0.818. The van der Waals surface area contributed by atoms with E-state index in [0.29, 0.717) is 25.4 Å². The Hall–Kier alpha value is -0.790. The van der Waals surface area contributed by atoms with Crippen LogP contribution in [0.4, 0.5) is 0 Å². The Labute approximate surface area is 111 Å². The van der Waals surface area contributed by atoms with Crippen molar-refractivity contribution in [2.75, 3.05) is 32.3 Å². The van der Waals surface area contributed by atoms with Gasteiger partial charge in [-0.1, -0.05) is 0 Å². The summed E-state index contributed by atoms with van der Waals surface area (Å²) < 4.78 is 5.23. The standard InChI is InChI=1S/C11H20N2O4S/c1-12-9-6-17-5-7(9)10(14)13-8(11(15)16)3-4-18-2/h7-9,12H,3-6H2,1-2H3,(H,13,14)(H,15,16)/t7?,8-,9?/m0/s1. The van der Waals surface area contributed by atoms with E-state index in [9.17, 15) is 9.59 Å². The van der Waals surface area contributed by atoms with Gasteiger partial charge in [0.15, 0.2) is 0 Å². The van der Waals surface area contributed by atoms with Gasteiger partial charge >= 0.3 is 5.97 Å². The molecule has 104 valence electrons. The van der Waals surface area contributed by atoms with Crippen LogP contribution in [0.1, 0.15) is 6.42 Å². The highest BCUT2D eigenvalue weighted by atomic mass is 32.2. The number of carboxylic acids is 1. The predicted octanol–water partition coefficient (Wildman–Crippen LogP) is -0.457. The molecule has 6 nitrogen and oxygen atoms in total. The SMILES string of the molecule is CNC1COCC1C(=O)N[C@@H](CCSC)C(=O)O. The van der Waals surface area contributed by atoms with E-state index in [0.717, 1.165) is 0 Å². The molecule has 1 fully saturated rings. The molecular formula is C11H20N2O4S. The van der Waals surface area contributed by atoms with E-state index in [1.54, 1.807) is 18.8 Å². The summed E-state index contributed by atoms with van der Waals surface area (Å²) in [6.07, 6.45) is 2.34. The summed E-state index contributed by atoms with van der Waals surface area (Å²) >= 11 is 1.56. The van der Waals surface area contributed by atoms with Gasteiger partial charge in [-0.3, -0.25) is 4.79 Å². The quantitative estimate of drug-likeness (QED) is 0.583. The van der Waals surface area contributed by atoms with Gasteiger partial charge in [-0.25, -0.2) is 4.79 Å². The van der Waals surface area contributed by atoms with Crippen LogP contribution in [0.3, 0.4) is 0 Å². The van der Waals surface area contributed by atoms with Crippen LogP contribution >= 0.6 is 11.8 Å². The van der Waals surface area contributed by atoms with Gasteiger partial charge in [0.2, 0.25) is 5.91 Å². The first kappa shape index (κ1) is 15.3. The third kappa shape index (κ3) is 4.15. The summed E-state index contributed by atoms with van der Waals surface area (Å²) in [5, 5.41) is 14.6. The number of nitrogens with one attached hydrogen (secondary N) is 2. The Morgan fingerprint density at radius 3 is 2.78 bits per heavy atom. The second-order valence-electron chi connectivity index (χ2n) is 4.22. The van der Waals surface area contributed by atoms with Crippen LogP contribution in [-0.2, 0) is 14.3 Å². The molecule has 0 aromatic rings. The van der Waals surface area contributed by atoms with Crippen LogP contribution in [0.2, 0.25) is 0 Å². The Kier molecular flexibility index (Phi) is 6.45. The van der Waals surface area contributed by atoms with Crippen molar-refractivity contribution in [3.8, 4) is 0 Å². The molecule has 0 radical (unpaired) electrons. The maximum absolute atomic E-state index is 12.0. The summed E-state index contributed by atoms with van der Waals surface area (Å²) in [5.74, 6) is -0.850. The molecule has 0 saturated carbocycles. The minimum atomic E-state index is -0.989. The molecule has 2 unspecified atom stereocenters. The lowest BCUT2D eigenvalue weighted by molar-refractivity contribution is -0.142. The van der Waals surface area contributed by atoms with Crippen molar-refractivity contribution in [2.24, 2.45) is 5.92 Å². The van der Waals surface area contributed by atoms with E-state index < -0.39 is 12.0 Å². The third-order valence-electron chi connectivity index (χ3n) is 3.01. The Bertz CT molecular complexity index is 301. The first-order valence-corrected chi connectivity index (χ1v) is 7.26. The third-order valence-corrected chi connectivity index (χ3v) is 3.66. The average molecular weight is 276 g/mol. The summed E-state index contributed by atoms with van der Waals surface area (Å²) in [7, 11) is 1.77. The Morgan fingerprint density at radius 2 is 2.22 bits per heavy atom. The van der Waals surface area contributed by atoms with E-state index in [1.165, 1.54) is 0 Å². The van der Waals surface area contributed by atoms with Crippen LogP contribution in [0.25, 0.3) is 0 Å². The van der Waals surface area contributed by atoms with Crippen molar-refractivity contribution >= 4 is 23.6 Å². The van der Waals surface area contributed by atoms with Gasteiger partial charge in [0, 0.05) is 6.04 Å². The number of carbonyl (C=O) groups excluding carboxylic acids is 1. The van der Waals surface area contributed by atoms with E-state index >= 15 is 0 Å². The maximum atomic E-state index is 12.0. The highest BCUT2D eigenvalue weighted by molar-refractivity contribution is 7.98. The maximum Gasteiger partial charge on any atom is 0.326 e.